The second-order valence-corrected chi connectivity index (χ2v) is 2.07. The number of hydrogen-bond acceptors (Lipinski definition) is 4. The Morgan fingerprint density at radius 1 is 2.00 bits per heavy atom. The van der Waals surface area contributed by atoms with Crippen LogP contribution in [0.25, 0.3) is 0 Å². The van der Waals surface area contributed by atoms with Crippen LogP contribution in [0.15, 0.2) is 0 Å². The van der Waals surface area contributed by atoms with Gasteiger partial charge >= 0.3 is 0 Å². The molecule has 0 aromatic rings. The zero-order valence-corrected chi connectivity index (χ0v) is 5.94. The summed E-state index contributed by atoms with van der Waals surface area (Å²) in [6, 6.07) is -0.794. The smallest absolute Gasteiger partial charge is 0.249 e. The molecular weight excluding hydrogens is 140 g/mol. The Hall–Kier alpha value is -0.260. The molecule has 0 aliphatic heterocycles. The average Bonchev–Trinajstić information content (AvgIpc) is 1.87. The predicted octanol–water partition coefficient (Wildman–Crippen LogP) is -1.30. The number of carbonyl (C=O) groups excluding carboxylic acids is 1. The molecule has 0 aliphatic rings. The molecule has 0 spiro atoms. The first-order chi connectivity index (χ1) is 4.22. The molecule has 5 heteroatoms. The summed E-state index contributed by atoms with van der Waals surface area (Å²) in [4.78, 5) is 10.6. The highest BCUT2D eigenvalue weighted by Crippen LogP contribution is 1.84. The van der Waals surface area contributed by atoms with E-state index in [1.54, 1.807) is 6.26 Å². The minimum absolute atomic E-state index is 0.313. The molecule has 0 saturated carbocycles. The molecule has 0 heterocycles. The first kappa shape index (κ1) is 8.74. The van der Waals surface area contributed by atoms with Crippen LogP contribution in [0, 0.1) is 0 Å². The van der Waals surface area contributed by atoms with Crippen LogP contribution in [0.2, 0.25) is 0 Å². The number of nitrogens with two attached hydrogens (primary N) is 1. The lowest BCUT2D eigenvalue weighted by Gasteiger charge is -2.05. The van der Waals surface area contributed by atoms with E-state index in [1.807, 2.05) is 0 Å². The number of aliphatic hydroxyl groups excluding tert-OH is 1. The minimum atomic E-state index is -0.794. The standard InChI is InChI=1S/C4H10N2O2S/c1-9-6-4(8)3(5)2-7/h3,7H,2,5H2,1H3,(H,6,8)/t3-/m0/s1. The molecular formula is C4H10N2O2S. The molecule has 54 valence electrons. The van der Waals surface area contributed by atoms with Gasteiger partial charge in [0.2, 0.25) is 5.91 Å². The highest BCUT2D eigenvalue weighted by atomic mass is 32.2. The normalized spacial score (nSPS) is 12.8. The lowest BCUT2D eigenvalue weighted by atomic mass is 10.3. The summed E-state index contributed by atoms with van der Waals surface area (Å²) < 4.78 is 2.39. The Bertz CT molecular complexity index is 98.6. The Balaban J connectivity index is 3.46. The third kappa shape index (κ3) is 3.34. The molecule has 0 saturated heterocycles. The third-order valence-electron chi connectivity index (χ3n) is 0.736. The zero-order chi connectivity index (χ0) is 7.28. The first-order valence-electron chi connectivity index (χ1n) is 2.41. The van der Waals surface area contributed by atoms with E-state index in [0.29, 0.717) is 0 Å². The summed E-state index contributed by atoms with van der Waals surface area (Å²) in [5, 5.41) is 8.34. The summed E-state index contributed by atoms with van der Waals surface area (Å²) in [7, 11) is 0. The van der Waals surface area contributed by atoms with Crippen LogP contribution < -0.4 is 10.5 Å². The Kier molecular flexibility index (Phi) is 4.47. The van der Waals surface area contributed by atoms with Gasteiger partial charge in [-0.25, -0.2) is 0 Å². The second kappa shape index (κ2) is 4.60. The van der Waals surface area contributed by atoms with E-state index >= 15 is 0 Å². The maximum atomic E-state index is 10.6. The van der Waals surface area contributed by atoms with E-state index < -0.39 is 6.04 Å². The zero-order valence-electron chi connectivity index (χ0n) is 5.13. The molecule has 9 heavy (non-hydrogen) atoms. The van der Waals surface area contributed by atoms with Gasteiger partial charge in [-0.3, -0.25) is 9.52 Å². The van der Waals surface area contributed by atoms with Crippen LogP contribution >= 0.6 is 11.9 Å². The van der Waals surface area contributed by atoms with Crippen molar-refractivity contribution in [1.82, 2.24) is 4.72 Å². The molecule has 0 bridgehead atoms. The van der Waals surface area contributed by atoms with Crippen molar-refractivity contribution in [1.29, 1.82) is 0 Å². The maximum Gasteiger partial charge on any atom is 0.249 e. The maximum absolute atomic E-state index is 10.6. The summed E-state index contributed by atoms with van der Waals surface area (Å²) in [6.45, 7) is -0.313. The number of nitrogens with one attached hydrogen (secondary N) is 1. The summed E-state index contributed by atoms with van der Waals surface area (Å²) in [5.74, 6) is -0.343. The topological polar surface area (TPSA) is 75.4 Å². The van der Waals surface area contributed by atoms with Crippen LogP contribution in [0.4, 0.5) is 0 Å². The summed E-state index contributed by atoms with van der Waals surface area (Å²) in [5.41, 5.74) is 5.13. The predicted molar refractivity (Wildman–Crippen MR) is 36.7 cm³/mol. The van der Waals surface area contributed by atoms with Crippen LogP contribution in [0.1, 0.15) is 0 Å². The van der Waals surface area contributed by atoms with Crippen molar-refractivity contribution in [2.45, 2.75) is 6.04 Å². The number of carbonyl (C=O) groups is 1. The van der Waals surface area contributed by atoms with Gasteiger partial charge in [0.05, 0.1) is 6.61 Å². The lowest BCUT2D eigenvalue weighted by Crippen LogP contribution is -2.40. The molecule has 0 aromatic heterocycles. The van der Waals surface area contributed by atoms with Crippen molar-refractivity contribution >= 4 is 17.9 Å². The van der Waals surface area contributed by atoms with E-state index in [9.17, 15) is 4.79 Å². The fraction of sp³-hybridized carbons (Fsp3) is 0.750. The van der Waals surface area contributed by atoms with Crippen molar-refractivity contribution in [3.63, 3.8) is 0 Å². The second-order valence-electron chi connectivity index (χ2n) is 1.46. The molecule has 0 fully saturated rings. The fourth-order valence-corrected chi connectivity index (χ4v) is 0.612. The average molecular weight is 150 g/mol. The van der Waals surface area contributed by atoms with Gasteiger partial charge in [-0.15, -0.1) is 0 Å². The molecule has 4 N–H and O–H groups in total. The molecule has 1 amide bonds. The van der Waals surface area contributed by atoms with Crippen molar-refractivity contribution in [2.24, 2.45) is 5.73 Å². The van der Waals surface area contributed by atoms with Gasteiger partial charge in [-0.2, -0.15) is 0 Å². The highest BCUT2D eigenvalue weighted by Gasteiger charge is 2.09. The third-order valence-corrected chi connectivity index (χ3v) is 1.14. The Morgan fingerprint density at radius 3 is 2.89 bits per heavy atom. The van der Waals surface area contributed by atoms with Gasteiger partial charge in [0.15, 0.2) is 0 Å². The SMILES string of the molecule is CSNC(=O)[C@@H](N)CO. The summed E-state index contributed by atoms with van der Waals surface area (Å²) in [6.07, 6.45) is 1.71. The lowest BCUT2D eigenvalue weighted by molar-refractivity contribution is -0.121. The van der Waals surface area contributed by atoms with Gasteiger partial charge < -0.3 is 10.8 Å². The Morgan fingerprint density at radius 2 is 2.56 bits per heavy atom. The largest absolute Gasteiger partial charge is 0.394 e. The van der Waals surface area contributed by atoms with Crippen LogP contribution in [-0.4, -0.2) is 29.9 Å². The van der Waals surface area contributed by atoms with Gasteiger partial charge in [0, 0.05) is 6.26 Å². The molecule has 1 atom stereocenters. The summed E-state index contributed by atoms with van der Waals surface area (Å²) >= 11 is 1.16. The van der Waals surface area contributed by atoms with Crippen LogP contribution in [0.3, 0.4) is 0 Å². The van der Waals surface area contributed by atoms with E-state index in [4.69, 9.17) is 10.8 Å². The number of aliphatic hydroxyl groups is 1. The van der Waals surface area contributed by atoms with Crippen LogP contribution in [0.5, 0.6) is 0 Å². The Labute approximate surface area is 57.9 Å². The molecule has 0 rings (SSSR count). The quantitative estimate of drug-likeness (QED) is 0.437. The van der Waals surface area contributed by atoms with Crippen molar-refractivity contribution < 1.29 is 9.90 Å². The van der Waals surface area contributed by atoms with E-state index in [2.05, 4.69) is 4.72 Å². The molecule has 0 aliphatic carbocycles. The number of amides is 1. The van der Waals surface area contributed by atoms with E-state index in [0.717, 1.165) is 11.9 Å². The number of hydrogen-bond donors (Lipinski definition) is 3. The molecule has 0 unspecified atom stereocenters. The van der Waals surface area contributed by atoms with Crippen molar-refractivity contribution in [3.8, 4) is 0 Å². The van der Waals surface area contributed by atoms with E-state index in [1.165, 1.54) is 0 Å². The molecule has 0 aromatic carbocycles. The van der Waals surface area contributed by atoms with Gasteiger partial charge in [-0.1, -0.05) is 11.9 Å². The van der Waals surface area contributed by atoms with Gasteiger partial charge in [-0.05, 0) is 0 Å². The van der Waals surface area contributed by atoms with Gasteiger partial charge in [0.25, 0.3) is 0 Å². The fourth-order valence-electron chi connectivity index (χ4n) is 0.259. The van der Waals surface area contributed by atoms with Crippen molar-refractivity contribution in [2.75, 3.05) is 12.9 Å². The first-order valence-corrected chi connectivity index (χ1v) is 3.64. The minimum Gasteiger partial charge on any atom is -0.394 e. The van der Waals surface area contributed by atoms with Crippen molar-refractivity contribution in [3.05, 3.63) is 0 Å². The number of rotatable bonds is 3. The highest BCUT2D eigenvalue weighted by molar-refractivity contribution is 7.97. The van der Waals surface area contributed by atoms with Gasteiger partial charge in [0.1, 0.15) is 6.04 Å². The molecule has 0 radical (unpaired) electrons. The van der Waals surface area contributed by atoms with E-state index in [-0.39, 0.29) is 12.5 Å². The molecule has 4 nitrogen and oxygen atoms in total. The van der Waals surface area contributed by atoms with Crippen LogP contribution in [-0.2, 0) is 4.79 Å². The monoisotopic (exact) mass is 150 g/mol.